The van der Waals surface area contributed by atoms with Gasteiger partial charge in [0.15, 0.2) is 11.5 Å². The molecule has 0 saturated heterocycles. The smallest absolute Gasteiger partial charge is 0.203 e. The molecule has 0 spiro atoms. The van der Waals surface area contributed by atoms with Crippen LogP contribution in [-0.4, -0.2) is 34.5 Å². The molecular formula is C13H19ClO4. The van der Waals surface area contributed by atoms with Crippen molar-refractivity contribution in [2.24, 2.45) is 0 Å². The zero-order valence-corrected chi connectivity index (χ0v) is 11.8. The van der Waals surface area contributed by atoms with Gasteiger partial charge in [-0.1, -0.05) is 0 Å². The molecule has 0 aromatic heterocycles. The molecule has 1 aromatic carbocycles. The fraction of sp³-hybridized carbons (Fsp3) is 0.538. The fourth-order valence-corrected chi connectivity index (χ4v) is 1.69. The Hall–Kier alpha value is -1.13. The Morgan fingerprint density at radius 1 is 1.00 bits per heavy atom. The molecule has 0 saturated carbocycles. The van der Waals surface area contributed by atoms with Gasteiger partial charge in [0.2, 0.25) is 5.75 Å². The average Bonchev–Trinajstić information content (AvgIpc) is 2.42. The average molecular weight is 275 g/mol. The molecule has 18 heavy (non-hydrogen) atoms. The van der Waals surface area contributed by atoms with E-state index in [1.54, 1.807) is 21.3 Å². The standard InChI is InChI=1S/C13H19ClO4/c1-15-5-4-6-18-13-11(16-2)7-10(9-14)8-12(13)17-3/h7-8H,4-6,9H2,1-3H3. The molecule has 4 nitrogen and oxygen atoms in total. The van der Waals surface area contributed by atoms with Gasteiger partial charge in [-0.3, -0.25) is 0 Å². The third-order valence-corrected chi connectivity index (χ3v) is 2.72. The normalized spacial score (nSPS) is 10.2. The molecule has 0 aliphatic rings. The van der Waals surface area contributed by atoms with Crippen LogP contribution >= 0.6 is 11.6 Å². The van der Waals surface area contributed by atoms with Gasteiger partial charge in [-0.15, -0.1) is 11.6 Å². The van der Waals surface area contributed by atoms with Gasteiger partial charge in [-0.05, 0) is 17.7 Å². The summed E-state index contributed by atoms with van der Waals surface area (Å²) in [5.74, 6) is 2.26. The predicted octanol–water partition coefficient (Wildman–Crippen LogP) is 2.86. The quantitative estimate of drug-likeness (QED) is 0.540. The molecular weight excluding hydrogens is 256 g/mol. The van der Waals surface area contributed by atoms with Crippen LogP contribution in [0.25, 0.3) is 0 Å². The van der Waals surface area contributed by atoms with E-state index in [1.807, 2.05) is 12.1 Å². The maximum Gasteiger partial charge on any atom is 0.203 e. The molecule has 1 rings (SSSR count). The third-order valence-electron chi connectivity index (χ3n) is 2.41. The van der Waals surface area contributed by atoms with Gasteiger partial charge in [0.1, 0.15) is 0 Å². The molecule has 0 unspecified atom stereocenters. The van der Waals surface area contributed by atoms with Crippen LogP contribution in [0, 0.1) is 0 Å². The molecule has 1 aromatic rings. The summed E-state index contributed by atoms with van der Waals surface area (Å²) in [5, 5.41) is 0. The van der Waals surface area contributed by atoms with E-state index in [-0.39, 0.29) is 0 Å². The molecule has 0 amide bonds. The molecule has 0 atom stereocenters. The lowest BCUT2D eigenvalue weighted by atomic mass is 10.2. The summed E-state index contributed by atoms with van der Waals surface area (Å²) < 4.78 is 21.2. The van der Waals surface area contributed by atoms with E-state index in [2.05, 4.69) is 0 Å². The first-order valence-electron chi connectivity index (χ1n) is 5.69. The zero-order valence-electron chi connectivity index (χ0n) is 11.0. The summed E-state index contributed by atoms with van der Waals surface area (Å²) >= 11 is 5.81. The summed E-state index contributed by atoms with van der Waals surface area (Å²) in [4.78, 5) is 0. The van der Waals surface area contributed by atoms with E-state index in [0.29, 0.717) is 36.3 Å². The summed E-state index contributed by atoms with van der Waals surface area (Å²) in [6.45, 7) is 1.20. The van der Waals surface area contributed by atoms with Crippen molar-refractivity contribution in [3.63, 3.8) is 0 Å². The van der Waals surface area contributed by atoms with Crippen molar-refractivity contribution in [1.29, 1.82) is 0 Å². The molecule has 0 fully saturated rings. The number of hydrogen-bond donors (Lipinski definition) is 0. The van der Waals surface area contributed by atoms with Crippen LogP contribution in [-0.2, 0) is 10.6 Å². The molecule has 0 aliphatic heterocycles. The number of alkyl halides is 1. The Morgan fingerprint density at radius 2 is 1.61 bits per heavy atom. The van der Waals surface area contributed by atoms with E-state index in [0.717, 1.165) is 12.0 Å². The molecule has 0 N–H and O–H groups in total. The van der Waals surface area contributed by atoms with Gasteiger partial charge >= 0.3 is 0 Å². The predicted molar refractivity (Wildman–Crippen MR) is 71.1 cm³/mol. The van der Waals surface area contributed by atoms with Crippen LogP contribution in [0.3, 0.4) is 0 Å². The van der Waals surface area contributed by atoms with Crippen molar-refractivity contribution < 1.29 is 18.9 Å². The molecule has 102 valence electrons. The first-order chi connectivity index (χ1) is 8.76. The van der Waals surface area contributed by atoms with Crippen molar-refractivity contribution in [3.8, 4) is 17.2 Å². The number of methoxy groups -OCH3 is 3. The van der Waals surface area contributed by atoms with E-state index >= 15 is 0 Å². The van der Waals surface area contributed by atoms with Crippen molar-refractivity contribution in [2.75, 3.05) is 34.5 Å². The van der Waals surface area contributed by atoms with Crippen molar-refractivity contribution in [1.82, 2.24) is 0 Å². The van der Waals surface area contributed by atoms with Gasteiger partial charge in [0.05, 0.1) is 20.8 Å². The largest absolute Gasteiger partial charge is 0.493 e. The summed E-state index contributed by atoms with van der Waals surface area (Å²) in [5.41, 5.74) is 0.926. The Bertz CT molecular complexity index is 343. The zero-order chi connectivity index (χ0) is 13.4. The van der Waals surface area contributed by atoms with Gasteiger partial charge in [0.25, 0.3) is 0 Å². The van der Waals surface area contributed by atoms with Gasteiger partial charge in [0, 0.05) is 26.0 Å². The minimum absolute atomic E-state index is 0.399. The molecule has 0 aliphatic carbocycles. The summed E-state index contributed by atoms with van der Waals surface area (Å²) in [7, 11) is 4.85. The summed E-state index contributed by atoms with van der Waals surface area (Å²) in [6, 6.07) is 3.70. The lowest BCUT2D eigenvalue weighted by Crippen LogP contribution is -2.04. The van der Waals surface area contributed by atoms with Crippen molar-refractivity contribution >= 4 is 11.6 Å². The second-order valence-electron chi connectivity index (χ2n) is 3.66. The fourth-order valence-electron chi connectivity index (χ4n) is 1.53. The maximum absolute atomic E-state index is 5.81. The van der Waals surface area contributed by atoms with Crippen LogP contribution in [0.4, 0.5) is 0 Å². The number of rotatable bonds is 8. The van der Waals surface area contributed by atoms with Crippen molar-refractivity contribution in [3.05, 3.63) is 17.7 Å². The molecule has 5 heteroatoms. The Labute approximate surface area is 113 Å². The minimum Gasteiger partial charge on any atom is -0.493 e. The monoisotopic (exact) mass is 274 g/mol. The SMILES string of the molecule is COCCCOc1c(OC)cc(CCl)cc1OC. The Balaban J connectivity index is 2.85. The number of ether oxygens (including phenoxy) is 4. The minimum atomic E-state index is 0.399. The highest BCUT2D eigenvalue weighted by Crippen LogP contribution is 2.38. The second kappa shape index (κ2) is 8.06. The highest BCUT2D eigenvalue weighted by Gasteiger charge is 2.13. The second-order valence-corrected chi connectivity index (χ2v) is 3.93. The lowest BCUT2D eigenvalue weighted by Gasteiger charge is -2.15. The van der Waals surface area contributed by atoms with E-state index in [1.165, 1.54) is 0 Å². The number of halogens is 1. The van der Waals surface area contributed by atoms with E-state index in [9.17, 15) is 0 Å². The lowest BCUT2D eigenvalue weighted by molar-refractivity contribution is 0.169. The van der Waals surface area contributed by atoms with Crippen molar-refractivity contribution in [2.45, 2.75) is 12.3 Å². The first-order valence-corrected chi connectivity index (χ1v) is 6.22. The third kappa shape index (κ3) is 3.96. The Kier molecular flexibility index (Phi) is 6.68. The van der Waals surface area contributed by atoms with E-state index in [4.69, 9.17) is 30.5 Å². The maximum atomic E-state index is 5.81. The Morgan fingerprint density at radius 3 is 2.06 bits per heavy atom. The topological polar surface area (TPSA) is 36.9 Å². The van der Waals surface area contributed by atoms with Crippen LogP contribution in [0.5, 0.6) is 17.2 Å². The molecule has 0 radical (unpaired) electrons. The van der Waals surface area contributed by atoms with Crippen LogP contribution in [0.1, 0.15) is 12.0 Å². The first kappa shape index (κ1) is 14.9. The highest BCUT2D eigenvalue weighted by molar-refractivity contribution is 6.17. The van der Waals surface area contributed by atoms with Gasteiger partial charge < -0.3 is 18.9 Å². The van der Waals surface area contributed by atoms with Gasteiger partial charge in [-0.25, -0.2) is 0 Å². The van der Waals surface area contributed by atoms with Crippen LogP contribution < -0.4 is 14.2 Å². The highest BCUT2D eigenvalue weighted by atomic mass is 35.5. The van der Waals surface area contributed by atoms with Crippen LogP contribution in [0.15, 0.2) is 12.1 Å². The number of hydrogen-bond acceptors (Lipinski definition) is 4. The summed E-state index contributed by atoms with van der Waals surface area (Å²) in [6.07, 6.45) is 0.806. The van der Waals surface area contributed by atoms with E-state index < -0.39 is 0 Å². The number of benzene rings is 1. The molecule has 0 bridgehead atoms. The molecule has 0 heterocycles. The van der Waals surface area contributed by atoms with Crippen LogP contribution in [0.2, 0.25) is 0 Å². The van der Waals surface area contributed by atoms with Gasteiger partial charge in [-0.2, -0.15) is 0 Å².